The minimum absolute atomic E-state index is 0.0842. The molecule has 5 heteroatoms. The Labute approximate surface area is 103 Å². The van der Waals surface area contributed by atoms with E-state index in [1.165, 1.54) is 11.3 Å². The summed E-state index contributed by atoms with van der Waals surface area (Å²) in [6.07, 6.45) is 1.93. The summed E-state index contributed by atoms with van der Waals surface area (Å²) in [6.45, 7) is 5.27. The summed E-state index contributed by atoms with van der Waals surface area (Å²) in [4.78, 5) is 16.3. The average Bonchev–Trinajstić information content (AvgIpc) is 2.46. The van der Waals surface area contributed by atoms with Crippen molar-refractivity contribution in [1.29, 1.82) is 0 Å². The molecule has 82 valence electrons. The zero-order chi connectivity index (χ0) is 11.4. The zero-order valence-corrected chi connectivity index (χ0v) is 11.2. The Balaban J connectivity index is 2.68. The Morgan fingerprint density at radius 2 is 2.27 bits per heavy atom. The van der Waals surface area contributed by atoms with Crippen molar-refractivity contribution < 1.29 is 4.79 Å². The molecule has 1 heterocycles. The third kappa shape index (κ3) is 3.97. The summed E-state index contributed by atoms with van der Waals surface area (Å²) in [7, 11) is 0. The van der Waals surface area contributed by atoms with Crippen LogP contribution >= 0.6 is 34.7 Å². The number of Topliss-reactive ketones (excluding diaryl/α,β-unsaturated/α-hetero) is 1. The number of halogens is 1. The number of carbonyl (C=O) groups excluding carboxylic acids is 1. The normalized spacial score (nSPS) is 11.9. The maximum Gasteiger partial charge on any atom is 0.171 e. The lowest BCUT2D eigenvalue weighted by atomic mass is 10.3. The van der Waals surface area contributed by atoms with Crippen molar-refractivity contribution in [3.8, 4) is 0 Å². The van der Waals surface area contributed by atoms with Crippen LogP contribution in [0.25, 0.3) is 0 Å². The highest BCUT2D eigenvalue weighted by Crippen LogP contribution is 2.27. The standard InChI is InChI=1S/C10H12ClNOS2/c1-6(11)4-5-14-10-12-7(2)9(15-10)8(3)13/h4H,5H2,1-3H3. The molecule has 0 saturated heterocycles. The quantitative estimate of drug-likeness (QED) is 0.608. The summed E-state index contributed by atoms with van der Waals surface area (Å²) in [5, 5.41) is 0.780. The van der Waals surface area contributed by atoms with Gasteiger partial charge in [-0.2, -0.15) is 0 Å². The van der Waals surface area contributed by atoms with Crippen LogP contribution in [0.4, 0.5) is 0 Å². The predicted octanol–water partition coefficient (Wildman–Crippen LogP) is 3.89. The minimum Gasteiger partial charge on any atom is -0.294 e. The molecule has 0 saturated carbocycles. The first-order chi connectivity index (χ1) is 7.00. The molecule has 0 N–H and O–H groups in total. The summed E-state index contributed by atoms with van der Waals surface area (Å²) < 4.78 is 0.923. The SMILES string of the molecule is CC(=O)c1sc(SCC=C(C)Cl)nc1C. The highest BCUT2D eigenvalue weighted by Gasteiger charge is 2.10. The lowest BCUT2D eigenvalue weighted by Crippen LogP contribution is -1.89. The van der Waals surface area contributed by atoms with Crippen LogP contribution in [0.15, 0.2) is 15.4 Å². The number of carbonyl (C=O) groups is 1. The van der Waals surface area contributed by atoms with Gasteiger partial charge in [0.1, 0.15) is 0 Å². The largest absolute Gasteiger partial charge is 0.294 e. The first-order valence-electron chi connectivity index (χ1n) is 4.44. The number of nitrogens with zero attached hydrogens (tertiary/aromatic N) is 1. The maximum atomic E-state index is 11.2. The lowest BCUT2D eigenvalue weighted by molar-refractivity contribution is 0.102. The molecule has 15 heavy (non-hydrogen) atoms. The fraction of sp³-hybridized carbons (Fsp3) is 0.400. The topological polar surface area (TPSA) is 30.0 Å². The van der Waals surface area contributed by atoms with Gasteiger partial charge in [-0.1, -0.05) is 29.4 Å². The van der Waals surface area contributed by atoms with E-state index in [1.807, 2.05) is 19.9 Å². The molecule has 0 amide bonds. The van der Waals surface area contributed by atoms with Gasteiger partial charge in [-0.3, -0.25) is 4.79 Å². The van der Waals surface area contributed by atoms with Crippen LogP contribution in [0, 0.1) is 6.92 Å². The van der Waals surface area contributed by atoms with Gasteiger partial charge < -0.3 is 0 Å². The minimum atomic E-state index is 0.0842. The number of hydrogen-bond donors (Lipinski definition) is 0. The molecule has 0 unspecified atom stereocenters. The van der Waals surface area contributed by atoms with Gasteiger partial charge >= 0.3 is 0 Å². The molecule has 0 aliphatic carbocycles. The Kier molecular flexibility index (Phi) is 4.83. The van der Waals surface area contributed by atoms with Gasteiger partial charge in [-0.05, 0) is 13.8 Å². The summed E-state index contributed by atoms with van der Waals surface area (Å²) in [6, 6.07) is 0. The molecule has 0 aliphatic heterocycles. The fourth-order valence-electron chi connectivity index (χ4n) is 0.988. The molecular formula is C10H12ClNOS2. The first-order valence-corrected chi connectivity index (χ1v) is 6.62. The van der Waals surface area contributed by atoms with Crippen LogP contribution in [0.5, 0.6) is 0 Å². The Hall–Kier alpha value is -0.320. The number of ketones is 1. The average molecular weight is 262 g/mol. The van der Waals surface area contributed by atoms with Crippen molar-refractivity contribution in [2.24, 2.45) is 0 Å². The molecule has 2 nitrogen and oxygen atoms in total. The summed E-state index contributed by atoms with van der Waals surface area (Å²) >= 11 is 8.75. The molecule has 1 aromatic heterocycles. The Bertz CT molecular complexity index is 394. The monoisotopic (exact) mass is 261 g/mol. The van der Waals surface area contributed by atoms with E-state index in [0.717, 1.165) is 25.7 Å². The molecule has 0 spiro atoms. The number of hydrogen-bond acceptors (Lipinski definition) is 4. The summed E-state index contributed by atoms with van der Waals surface area (Å²) in [5.41, 5.74) is 0.821. The van der Waals surface area contributed by atoms with E-state index in [1.54, 1.807) is 18.7 Å². The Morgan fingerprint density at radius 1 is 1.60 bits per heavy atom. The van der Waals surface area contributed by atoms with Crippen molar-refractivity contribution in [3.05, 3.63) is 21.7 Å². The van der Waals surface area contributed by atoms with Crippen LogP contribution in [-0.4, -0.2) is 16.5 Å². The fourth-order valence-corrected chi connectivity index (χ4v) is 3.22. The van der Waals surface area contributed by atoms with Crippen LogP contribution in [0.1, 0.15) is 29.2 Å². The van der Waals surface area contributed by atoms with E-state index in [2.05, 4.69) is 4.98 Å². The van der Waals surface area contributed by atoms with E-state index < -0.39 is 0 Å². The van der Waals surface area contributed by atoms with E-state index in [0.29, 0.717) is 0 Å². The van der Waals surface area contributed by atoms with Gasteiger partial charge in [-0.15, -0.1) is 11.3 Å². The zero-order valence-electron chi connectivity index (χ0n) is 8.83. The Morgan fingerprint density at radius 3 is 2.73 bits per heavy atom. The number of aryl methyl sites for hydroxylation is 1. The molecule has 0 aromatic carbocycles. The van der Waals surface area contributed by atoms with E-state index in [4.69, 9.17) is 11.6 Å². The lowest BCUT2D eigenvalue weighted by Gasteiger charge is -1.90. The molecule has 0 fully saturated rings. The van der Waals surface area contributed by atoms with Gasteiger partial charge in [0, 0.05) is 17.7 Å². The molecular weight excluding hydrogens is 250 g/mol. The van der Waals surface area contributed by atoms with Gasteiger partial charge in [-0.25, -0.2) is 4.98 Å². The van der Waals surface area contributed by atoms with Crippen LogP contribution < -0.4 is 0 Å². The number of rotatable bonds is 4. The molecule has 1 rings (SSSR count). The molecule has 1 aromatic rings. The number of thioether (sulfide) groups is 1. The van der Waals surface area contributed by atoms with E-state index in [-0.39, 0.29) is 5.78 Å². The van der Waals surface area contributed by atoms with Gasteiger partial charge in [0.15, 0.2) is 10.1 Å². The smallest absolute Gasteiger partial charge is 0.171 e. The van der Waals surface area contributed by atoms with Gasteiger partial charge in [0.2, 0.25) is 0 Å². The molecule has 0 atom stereocenters. The third-order valence-corrected chi connectivity index (χ3v) is 4.15. The van der Waals surface area contributed by atoms with E-state index >= 15 is 0 Å². The summed E-state index contributed by atoms with van der Waals surface area (Å²) in [5.74, 6) is 0.875. The van der Waals surface area contributed by atoms with E-state index in [9.17, 15) is 4.79 Å². The first kappa shape index (κ1) is 12.7. The number of allylic oxidation sites excluding steroid dienone is 1. The molecule has 0 radical (unpaired) electrons. The van der Waals surface area contributed by atoms with Crippen LogP contribution in [0.2, 0.25) is 0 Å². The molecule has 0 bridgehead atoms. The van der Waals surface area contributed by atoms with Crippen molar-refractivity contribution in [2.45, 2.75) is 25.1 Å². The van der Waals surface area contributed by atoms with Crippen molar-refractivity contribution in [3.63, 3.8) is 0 Å². The van der Waals surface area contributed by atoms with Crippen LogP contribution in [-0.2, 0) is 0 Å². The second-order valence-corrected chi connectivity index (χ2v) is 5.91. The van der Waals surface area contributed by atoms with Crippen molar-refractivity contribution in [2.75, 3.05) is 5.75 Å². The number of aromatic nitrogens is 1. The van der Waals surface area contributed by atoms with Gasteiger partial charge in [0.05, 0.1) is 10.6 Å². The van der Waals surface area contributed by atoms with Crippen LogP contribution in [0.3, 0.4) is 0 Å². The highest BCUT2D eigenvalue weighted by molar-refractivity contribution is 8.01. The predicted molar refractivity (Wildman–Crippen MR) is 67.2 cm³/mol. The second-order valence-electron chi connectivity index (χ2n) is 3.05. The van der Waals surface area contributed by atoms with Crippen molar-refractivity contribution in [1.82, 2.24) is 4.98 Å². The highest BCUT2D eigenvalue weighted by atomic mass is 35.5. The third-order valence-electron chi connectivity index (χ3n) is 1.67. The number of thiazole rings is 1. The van der Waals surface area contributed by atoms with Crippen molar-refractivity contribution >= 4 is 40.5 Å². The second kappa shape index (κ2) is 5.68. The molecule has 0 aliphatic rings. The maximum absolute atomic E-state index is 11.2. The van der Waals surface area contributed by atoms with Gasteiger partial charge in [0.25, 0.3) is 0 Å².